The van der Waals surface area contributed by atoms with Gasteiger partial charge in [-0.1, -0.05) is 0 Å². The Kier molecular flexibility index (Phi) is 4.09. The quantitative estimate of drug-likeness (QED) is 0.464. The summed E-state index contributed by atoms with van der Waals surface area (Å²) in [4.78, 5) is 14.8. The molecule has 5 heterocycles. The van der Waals surface area contributed by atoms with Crippen LogP contribution in [0.25, 0.3) is 28.2 Å². The van der Waals surface area contributed by atoms with Crippen molar-refractivity contribution in [1.82, 2.24) is 49.5 Å². The smallest absolute Gasteiger partial charge is 0.216 e. The van der Waals surface area contributed by atoms with Gasteiger partial charge >= 0.3 is 0 Å². The zero-order chi connectivity index (χ0) is 20.7. The molecule has 150 valence electrons. The van der Waals surface area contributed by atoms with E-state index in [4.69, 9.17) is 4.74 Å². The molecule has 0 aromatic carbocycles. The number of rotatable bonds is 5. The molecule has 5 aromatic rings. The zero-order valence-corrected chi connectivity index (χ0v) is 16.4. The van der Waals surface area contributed by atoms with Gasteiger partial charge in [-0.2, -0.15) is 30.2 Å². The SMILES string of the molecule is COc1ccnc(-c2cc(Nc3cc(-n4nccn4)c4cnn(C)c4n3)n(C)n2)n1. The van der Waals surface area contributed by atoms with Crippen LogP contribution in [0.4, 0.5) is 11.6 Å². The second kappa shape index (κ2) is 6.92. The predicted molar refractivity (Wildman–Crippen MR) is 107 cm³/mol. The summed E-state index contributed by atoms with van der Waals surface area (Å²) in [6, 6.07) is 5.39. The summed E-state index contributed by atoms with van der Waals surface area (Å²) in [5, 5.41) is 21.4. The molecule has 30 heavy (non-hydrogen) atoms. The highest BCUT2D eigenvalue weighted by molar-refractivity contribution is 5.86. The number of ether oxygens (including phenoxy) is 1. The summed E-state index contributed by atoms with van der Waals surface area (Å²) in [5.74, 6) is 2.25. The molecule has 0 aliphatic rings. The molecule has 5 aromatic heterocycles. The van der Waals surface area contributed by atoms with Crippen molar-refractivity contribution in [3.8, 4) is 23.1 Å². The van der Waals surface area contributed by atoms with Gasteiger partial charge in [-0.3, -0.25) is 9.36 Å². The lowest BCUT2D eigenvalue weighted by Crippen LogP contribution is -2.05. The first kappa shape index (κ1) is 17.7. The highest BCUT2D eigenvalue weighted by atomic mass is 16.5. The fraction of sp³-hybridized carbons (Fsp3) is 0.167. The predicted octanol–water partition coefficient (Wildman–Crippen LogP) is 1.49. The molecule has 0 radical (unpaired) electrons. The lowest BCUT2D eigenvalue weighted by atomic mass is 10.3. The lowest BCUT2D eigenvalue weighted by Gasteiger charge is -2.09. The van der Waals surface area contributed by atoms with Crippen LogP contribution >= 0.6 is 0 Å². The molecule has 1 N–H and O–H groups in total. The highest BCUT2D eigenvalue weighted by Crippen LogP contribution is 2.26. The Morgan fingerprint density at radius 3 is 2.60 bits per heavy atom. The molecule has 0 saturated heterocycles. The first-order valence-corrected chi connectivity index (χ1v) is 9.00. The van der Waals surface area contributed by atoms with E-state index >= 15 is 0 Å². The van der Waals surface area contributed by atoms with Crippen molar-refractivity contribution in [2.75, 3.05) is 12.4 Å². The minimum Gasteiger partial charge on any atom is -0.481 e. The van der Waals surface area contributed by atoms with Gasteiger partial charge in [0.1, 0.15) is 23.0 Å². The summed E-state index contributed by atoms with van der Waals surface area (Å²) in [6.07, 6.45) is 6.62. The van der Waals surface area contributed by atoms with E-state index in [0.717, 1.165) is 11.1 Å². The summed E-state index contributed by atoms with van der Waals surface area (Å²) < 4.78 is 8.56. The molecular formula is C18H17N11O. The topological polar surface area (TPSA) is 126 Å². The van der Waals surface area contributed by atoms with Crippen LogP contribution in [0, 0.1) is 0 Å². The fourth-order valence-electron chi connectivity index (χ4n) is 3.07. The van der Waals surface area contributed by atoms with Crippen molar-refractivity contribution in [2.45, 2.75) is 0 Å². The third kappa shape index (κ3) is 2.99. The number of aromatic nitrogens is 10. The van der Waals surface area contributed by atoms with Gasteiger partial charge in [0, 0.05) is 38.5 Å². The van der Waals surface area contributed by atoms with E-state index in [1.165, 1.54) is 4.80 Å². The minimum absolute atomic E-state index is 0.467. The molecule has 5 rings (SSSR count). The Balaban J connectivity index is 1.55. The molecule has 0 amide bonds. The number of fused-ring (bicyclic) bond motifs is 1. The maximum atomic E-state index is 5.17. The van der Waals surface area contributed by atoms with Gasteiger partial charge in [0.2, 0.25) is 5.88 Å². The first-order chi connectivity index (χ1) is 14.6. The maximum absolute atomic E-state index is 5.17. The van der Waals surface area contributed by atoms with Crippen LogP contribution in [0.2, 0.25) is 0 Å². The standard InChI is InChI=1S/C18H17N11O/c1-27-15(8-12(26-27)17-19-5-4-16(25-17)30-3)23-14-9-13(29-20-6-7-21-29)11-10-22-28(2)18(11)24-14/h4-10H,1-3H3,(H,23,24). The second-order valence-electron chi connectivity index (χ2n) is 6.44. The van der Waals surface area contributed by atoms with E-state index in [1.807, 2.05) is 26.2 Å². The van der Waals surface area contributed by atoms with Gasteiger partial charge in [-0.05, 0) is 0 Å². The van der Waals surface area contributed by atoms with Gasteiger partial charge < -0.3 is 10.1 Å². The third-order valence-electron chi connectivity index (χ3n) is 4.52. The van der Waals surface area contributed by atoms with E-state index in [9.17, 15) is 0 Å². The van der Waals surface area contributed by atoms with Crippen molar-refractivity contribution < 1.29 is 4.74 Å². The van der Waals surface area contributed by atoms with Crippen LogP contribution in [0.15, 0.2) is 43.0 Å². The number of anilines is 2. The Morgan fingerprint density at radius 2 is 1.80 bits per heavy atom. The van der Waals surface area contributed by atoms with E-state index < -0.39 is 0 Å². The number of pyridine rings is 1. The summed E-state index contributed by atoms with van der Waals surface area (Å²) in [6.45, 7) is 0. The summed E-state index contributed by atoms with van der Waals surface area (Å²) in [5.41, 5.74) is 2.07. The van der Waals surface area contributed by atoms with Crippen molar-refractivity contribution >= 4 is 22.7 Å². The van der Waals surface area contributed by atoms with Gasteiger partial charge in [0.25, 0.3) is 0 Å². The van der Waals surface area contributed by atoms with Crippen molar-refractivity contribution in [1.29, 1.82) is 0 Å². The molecule has 0 fully saturated rings. The van der Waals surface area contributed by atoms with E-state index in [-0.39, 0.29) is 0 Å². The van der Waals surface area contributed by atoms with Crippen LogP contribution in [0.5, 0.6) is 5.88 Å². The highest BCUT2D eigenvalue weighted by Gasteiger charge is 2.15. The molecular weight excluding hydrogens is 386 g/mol. The van der Waals surface area contributed by atoms with E-state index in [0.29, 0.717) is 34.7 Å². The third-order valence-corrected chi connectivity index (χ3v) is 4.52. The summed E-state index contributed by atoms with van der Waals surface area (Å²) in [7, 11) is 5.22. The molecule has 0 aliphatic carbocycles. The van der Waals surface area contributed by atoms with Crippen molar-refractivity contribution in [3.63, 3.8) is 0 Å². The Labute approximate surface area is 170 Å². The first-order valence-electron chi connectivity index (χ1n) is 9.00. The largest absolute Gasteiger partial charge is 0.481 e. The Hall–Kier alpha value is -4.35. The molecule has 0 spiro atoms. The molecule has 0 atom stereocenters. The summed E-state index contributed by atoms with van der Waals surface area (Å²) >= 11 is 0. The minimum atomic E-state index is 0.467. The molecule has 12 heteroatoms. The Bertz CT molecular complexity index is 1340. The molecule has 12 nitrogen and oxygen atoms in total. The molecule has 0 saturated carbocycles. The van der Waals surface area contributed by atoms with E-state index in [1.54, 1.807) is 47.3 Å². The van der Waals surface area contributed by atoms with Gasteiger partial charge in [-0.15, -0.1) is 0 Å². The average Bonchev–Trinajstić information content (AvgIpc) is 3.50. The number of hydrogen-bond acceptors (Lipinski definition) is 9. The van der Waals surface area contributed by atoms with Crippen LogP contribution in [-0.4, -0.2) is 56.6 Å². The Morgan fingerprint density at radius 1 is 0.967 bits per heavy atom. The van der Waals surface area contributed by atoms with Crippen molar-refractivity contribution in [3.05, 3.63) is 43.0 Å². The monoisotopic (exact) mass is 403 g/mol. The van der Waals surface area contributed by atoms with E-state index in [2.05, 4.69) is 40.7 Å². The lowest BCUT2D eigenvalue weighted by molar-refractivity contribution is 0.397. The maximum Gasteiger partial charge on any atom is 0.216 e. The van der Waals surface area contributed by atoms with Crippen LogP contribution in [0.1, 0.15) is 0 Å². The molecule has 0 unspecified atom stereocenters. The van der Waals surface area contributed by atoms with Crippen LogP contribution in [-0.2, 0) is 14.1 Å². The normalized spacial score (nSPS) is 11.2. The van der Waals surface area contributed by atoms with Gasteiger partial charge in [0.05, 0.1) is 31.1 Å². The average molecular weight is 403 g/mol. The fourth-order valence-corrected chi connectivity index (χ4v) is 3.07. The van der Waals surface area contributed by atoms with Gasteiger partial charge in [-0.25, -0.2) is 9.97 Å². The number of aryl methyl sites for hydroxylation is 2. The van der Waals surface area contributed by atoms with Crippen molar-refractivity contribution in [2.24, 2.45) is 14.1 Å². The molecule has 0 bridgehead atoms. The molecule has 0 aliphatic heterocycles. The number of nitrogens with zero attached hydrogens (tertiary/aromatic N) is 10. The van der Waals surface area contributed by atoms with Crippen LogP contribution < -0.4 is 10.1 Å². The number of nitrogens with one attached hydrogen (secondary N) is 1. The zero-order valence-electron chi connectivity index (χ0n) is 16.4. The van der Waals surface area contributed by atoms with Gasteiger partial charge in [0.15, 0.2) is 11.5 Å². The second-order valence-corrected chi connectivity index (χ2v) is 6.44. The number of methoxy groups -OCH3 is 1. The van der Waals surface area contributed by atoms with Crippen LogP contribution in [0.3, 0.4) is 0 Å². The number of hydrogen-bond donors (Lipinski definition) is 1.